The van der Waals surface area contributed by atoms with Gasteiger partial charge in [0.05, 0.1) is 21.4 Å². The first-order valence-electron chi connectivity index (χ1n) is 7.26. The topological polar surface area (TPSA) is 90.3 Å². The van der Waals surface area contributed by atoms with Gasteiger partial charge in [0, 0.05) is 0 Å². The molecule has 130 valence electrons. The van der Waals surface area contributed by atoms with Crippen LogP contribution < -0.4 is 4.83 Å². The molecule has 1 heterocycles. The standard InChI is InChI=1S/C17H11N3O3S3/c18-11-13-8-6-12(7-9-13)10-15-16(21)20(17(24)25-15)19-26(22,23)14-4-2-1-3-5-14/h1-10,19H/b15-10+. The van der Waals surface area contributed by atoms with Gasteiger partial charge in [-0.25, -0.2) is 13.4 Å². The van der Waals surface area contributed by atoms with E-state index in [1.165, 1.54) is 12.1 Å². The normalized spacial score (nSPS) is 16.1. The van der Waals surface area contributed by atoms with Crippen molar-refractivity contribution in [3.8, 4) is 6.07 Å². The monoisotopic (exact) mass is 401 g/mol. The summed E-state index contributed by atoms with van der Waals surface area (Å²) in [7, 11) is -3.92. The Hall–Kier alpha value is -2.51. The average Bonchev–Trinajstić information content (AvgIpc) is 2.90. The number of thiocarbonyl (C=S) groups is 1. The van der Waals surface area contributed by atoms with Gasteiger partial charge in [0.2, 0.25) is 0 Å². The maximum atomic E-state index is 12.5. The Morgan fingerprint density at radius 1 is 1.12 bits per heavy atom. The highest BCUT2D eigenvalue weighted by molar-refractivity contribution is 8.26. The van der Waals surface area contributed by atoms with Crippen molar-refractivity contribution in [1.29, 1.82) is 5.26 Å². The summed E-state index contributed by atoms with van der Waals surface area (Å²) in [5.74, 6) is -0.552. The predicted octanol–water partition coefficient (Wildman–Crippen LogP) is 2.65. The molecule has 0 aliphatic carbocycles. The number of carbonyl (C=O) groups is 1. The van der Waals surface area contributed by atoms with Gasteiger partial charge in [-0.3, -0.25) is 4.79 Å². The van der Waals surface area contributed by atoms with E-state index < -0.39 is 15.9 Å². The van der Waals surface area contributed by atoms with E-state index in [0.29, 0.717) is 11.1 Å². The van der Waals surface area contributed by atoms with Gasteiger partial charge in [-0.05, 0) is 35.9 Å². The molecule has 1 aliphatic heterocycles. The predicted molar refractivity (Wildman–Crippen MR) is 103 cm³/mol. The maximum Gasteiger partial charge on any atom is 0.281 e. The highest BCUT2D eigenvalue weighted by Crippen LogP contribution is 2.32. The van der Waals surface area contributed by atoms with Crippen molar-refractivity contribution >= 4 is 50.3 Å². The molecule has 2 aromatic carbocycles. The lowest BCUT2D eigenvalue weighted by molar-refractivity contribution is -0.123. The molecule has 0 saturated carbocycles. The zero-order valence-corrected chi connectivity index (χ0v) is 15.6. The fourth-order valence-corrected chi connectivity index (χ4v) is 4.45. The van der Waals surface area contributed by atoms with Crippen LogP contribution in [0.2, 0.25) is 0 Å². The molecule has 0 atom stereocenters. The van der Waals surface area contributed by atoms with E-state index in [0.717, 1.165) is 16.8 Å². The number of hydrazine groups is 1. The van der Waals surface area contributed by atoms with Crippen LogP contribution >= 0.6 is 24.0 Å². The van der Waals surface area contributed by atoms with E-state index in [1.807, 2.05) is 6.07 Å². The molecule has 0 unspecified atom stereocenters. The van der Waals surface area contributed by atoms with Crippen LogP contribution in [0.4, 0.5) is 0 Å². The van der Waals surface area contributed by atoms with Gasteiger partial charge in [0.15, 0.2) is 4.32 Å². The smallest absolute Gasteiger partial charge is 0.267 e. The highest BCUT2D eigenvalue weighted by atomic mass is 32.2. The van der Waals surface area contributed by atoms with Gasteiger partial charge < -0.3 is 0 Å². The number of amides is 1. The van der Waals surface area contributed by atoms with Gasteiger partial charge in [-0.1, -0.05) is 54.3 Å². The van der Waals surface area contributed by atoms with E-state index in [2.05, 4.69) is 4.83 Å². The lowest BCUT2D eigenvalue weighted by Crippen LogP contribution is -2.44. The Labute approximate surface area is 160 Å². The summed E-state index contributed by atoms with van der Waals surface area (Å²) in [5.41, 5.74) is 1.21. The number of carbonyl (C=O) groups excluding carboxylic acids is 1. The molecule has 9 heteroatoms. The van der Waals surface area contributed by atoms with E-state index in [1.54, 1.807) is 48.5 Å². The fourth-order valence-electron chi connectivity index (χ4n) is 2.12. The number of hydrogen-bond donors (Lipinski definition) is 1. The van der Waals surface area contributed by atoms with Crippen molar-refractivity contribution in [2.45, 2.75) is 4.90 Å². The largest absolute Gasteiger partial charge is 0.281 e. The van der Waals surface area contributed by atoms with E-state index in [-0.39, 0.29) is 14.1 Å². The second-order valence-electron chi connectivity index (χ2n) is 5.16. The van der Waals surface area contributed by atoms with Crippen LogP contribution in [0.15, 0.2) is 64.4 Å². The molecule has 1 fully saturated rings. The van der Waals surface area contributed by atoms with Gasteiger partial charge in [-0.15, -0.1) is 4.83 Å². The van der Waals surface area contributed by atoms with Crippen LogP contribution in [-0.2, 0) is 14.8 Å². The summed E-state index contributed by atoms with van der Waals surface area (Å²) in [4.78, 5) is 15.1. The van der Waals surface area contributed by atoms with Gasteiger partial charge in [-0.2, -0.15) is 5.26 Å². The molecule has 0 bridgehead atoms. The highest BCUT2D eigenvalue weighted by Gasteiger charge is 2.35. The van der Waals surface area contributed by atoms with Crippen molar-refractivity contribution < 1.29 is 13.2 Å². The van der Waals surface area contributed by atoms with Crippen molar-refractivity contribution in [1.82, 2.24) is 9.84 Å². The number of nitriles is 1. The van der Waals surface area contributed by atoms with E-state index in [4.69, 9.17) is 17.5 Å². The van der Waals surface area contributed by atoms with Crippen molar-refractivity contribution in [3.63, 3.8) is 0 Å². The molecular weight excluding hydrogens is 390 g/mol. The number of nitrogens with zero attached hydrogens (tertiary/aromatic N) is 2. The number of sulfonamides is 1. The third-order valence-corrected chi connectivity index (χ3v) is 6.01. The van der Waals surface area contributed by atoms with Gasteiger partial charge in [0.1, 0.15) is 0 Å². The Kier molecular flexibility index (Phi) is 5.20. The van der Waals surface area contributed by atoms with Gasteiger partial charge in [0.25, 0.3) is 15.9 Å². The SMILES string of the molecule is N#Cc1ccc(/C=C2/SC(=S)N(NS(=O)(=O)c3ccccc3)C2=O)cc1. The van der Waals surface area contributed by atoms with Crippen LogP contribution in [0.25, 0.3) is 6.08 Å². The molecule has 1 aliphatic rings. The molecule has 1 amide bonds. The van der Waals surface area contributed by atoms with E-state index >= 15 is 0 Å². The van der Waals surface area contributed by atoms with Crippen molar-refractivity contribution in [3.05, 3.63) is 70.6 Å². The number of thioether (sulfide) groups is 1. The molecular formula is C17H11N3O3S3. The van der Waals surface area contributed by atoms with Crippen molar-refractivity contribution in [2.24, 2.45) is 0 Å². The molecule has 2 aromatic rings. The summed E-state index contributed by atoms with van der Waals surface area (Å²) in [6.07, 6.45) is 1.59. The molecule has 1 N–H and O–H groups in total. The zero-order valence-electron chi connectivity index (χ0n) is 13.1. The third-order valence-electron chi connectivity index (χ3n) is 3.40. The second kappa shape index (κ2) is 7.39. The minimum Gasteiger partial charge on any atom is -0.267 e. The first-order valence-corrected chi connectivity index (χ1v) is 9.97. The van der Waals surface area contributed by atoms with Gasteiger partial charge >= 0.3 is 0 Å². The van der Waals surface area contributed by atoms with Crippen LogP contribution in [0, 0.1) is 11.3 Å². The second-order valence-corrected chi connectivity index (χ2v) is 8.50. The first-order chi connectivity index (χ1) is 12.4. The van der Waals surface area contributed by atoms with Crippen LogP contribution in [0.5, 0.6) is 0 Å². The number of nitrogens with one attached hydrogen (secondary N) is 1. The minimum atomic E-state index is -3.92. The summed E-state index contributed by atoms with van der Waals surface area (Å²) < 4.78 is 24.9. The maximum absolute atomic E-state index is 12.5. The molecule has 3 rings (SSSR count). The molecule has 0 spiro atoms. The molecule has 0 aromatic heterocycles. The average molecular weight is 401 g/mol. The quantitative estimate of drug-likeness (QED) is 0.626. The summed E-state index contributed by atoms with van der Waals surface area (Å²) in [6, 6.07) is 16.4. The lowest BCUT2D eigenvalue weighted by Gasteiger charge is -2.15. The van der Waals surface area contributed by atoms with Crippen LogP contribution in [0.1, 0.15) is 11.1 Å². The fraction of sp³-hybridized carbons (Fsp3) is 0. The van der Waals surface area contributed by atoms with Crippen LogP contribution in [0.3, 0.4) is 0 Å². The summed E-state index contributed by atoms with van der Waals surface area (Å²) >= 11 is 6.13. The Bertz CT molecular complexity index is 1040. The summed E-state index contributed by atoms with van der Waals surface area (Å²) in [6.45, 7) is 0. The van der Waals surface area contributed by atoms with E-state index in [9.17, 15) is 13.2 Å². The van der Waals surface area contributed by atoms with Crippen LogP contribution in [-0.4, -0.2) is 23.7 Å². The number of rotatable bonds is 4. The molecule has 0 radical (unpaired) electrons. The first kappa shape index (κ1) is 18.3. The van der Waals surface area contributed by atoms with Crippen molar-refractivity contribution in [2.75, 3.05) is 0 Å². The molecule has 26 heavy (non-hydrogen) atoms. The zero-order chi connectivity index (χ0) is 18.7. The summed E-state index contributed by atoms with van der Waals surface area (Å²) in [5, 5.41) is 9.66. The third kappa shape index (κ3) is 3.84. The Balaban J connectivity index is 1.83. The Morgan fingerprint density at radius 2 is 1.77 bits per heavy atom. The Morgan fingerprint density at radius 3 is 2.38 bits per heavy atom. The molecule has 6 nitrogen and oxygen atoms in total. The number of benzene rings is 2. The number of hydrogen-bond acceptors (Lipinski definition) is 6. The lowest BCUT2D eigenvalue weighted by atomic mass is 10.1. The molecule has 1 saturated heterocycles. The minimum absolute atomic E-state index is 0.0325.